The van der Waals surface area contributed by atoms with E-state index in [4.69, 9.17) is 0 Å². The van der Waals surface area contributed by atoms with Crippen molar-refractivity contribution in [1.29, 1.82) is 0 Å². The summed E-state index contributed by atoms with van der Waals surface area (Å²) in [6.07, 6.45) is 1.66. The number of fused-ring (bicyclic) bond motifs is 3. The van der Waals surface area contributed by atoms with Crippen LogP contribution in [-0.4, -0.2) is 19.3 Å². The number of halogens is 1. The van der Waals surface area contributed by atoms with Crippen LogP contribution >= 0.6 is 11.3 Å². The lowest BCUT2D eigenvalue weighted by Crippen LogP contribution is -2.24. The van der Waals surface area contributed by atoms with Gasteiger partial charge in [0.25, 0.3) is 5.56 Å². The molecule has 0 unspecified atom stereocenters. The van der Waals surface area contributed by atoms with E-state index in [1.807, 2.05) is 14.0 Å². The molecule has 0 amide bonds. The van der Waals surface area contributed by atoms with Gasteiger partial charge >= 0.3 is 0 Å². The van der Waals surface area contributed by atoms with Gasteiger partial charge in [0.2, 0.25) is 0 Å². The van der Waals surface area contributed by atoms with E-state index in [0.29, 0.717) is 11.1 Å². The summed E-state index contributed by atoms with van der Waals surface area (Å²) >= 11 is 1.54. The third-order valence-corrected chi connectivity index (χ3v) is 4.90. The maximum absolute atomic E-state index is 13.8. The van der Waals surface area contributed by atoms with Gasteiger partial charge in [-0.3, -0.25) is 4.79 Å². The van der Waals surface area contributed by atoms with Gasteiger partial charge in [-0.2, -0.15) is 5.10 Å². The SMILES string of the molecule is Cc1nc2c(s1)c1cnn(Cc3ccccc3F)c(=O)c1n2C. The molecular formula is C16H13FN4OS. The average molecular weight is 328 g/mol. The quantitative estimate of drug-likeness (QED) is 0.568. The predicted octanol–water partition coefficient (Wildman–Crippen LogP) is 2.84. The van der Waals surface area contributed by atoms with Crippen LogP contribution in [0.15, 0.2) is 35.3 Å². The fraction of sp³-hybridized carbons (Fsp3) is 0.188. The summed E-state index contributed by atoms with van der Waals surface area (Å²) in [5.74, 6) is -0.341. The highest BCUT2D eigenvalue weighted by Crippen LogP contribution is 2.30. The fourth-order valence-electron chi connectivity index (χ4n) is 2.79. The molecule has 3 aromatic heterocycles. The summed E-state index contributed by atoms with van der Waals surface area (Å²) in [7, 11) is 1.82. The molecule has 0 bridgehead atoms. The Morgan fingerprint density at radius 1 is 1.30 bits per heavy atom. The minimum Gasteiger partial charge on any atom is -0.323 e. The van der Waals surface area contributed by atoms with E-state index in [1.54, 1.807) is 40.3 Å². The Hall–Kier alpha value is -2.54. The van der Waals surface area contributed by atoms with Crippen molar-refractivity contribution in [2.75, 3.05) is 0 Å². The maximum atomic E-state index is 13.8. The molecular weight excluding hydrogens is 315 g/mol. The molecule has 116 valence electrons. The smallest absolute Gasteiger partial charge is 0.291 e. The third-order valence-electron chi connectivity index (χ3n) is 3.91. The van der Waals surface area contributed by atoms with E-state index in [2.05, 4.69) is 10.1 Å². The summed E-state index contributed by atoms with van der Waals surface area (Å²) < 4.78 is 17.8. The van der Waals surface area contributed by atoms with Gasteiger partial charge in [0.15, 0.2) is 5.65 Å². The lowest BCUT2D eigenvalue weighted by molar-refractivity contribution is 0.574. The van der Waals surface area contributed by atoms with E-state index in [1.165, 1.54) is 10.7 Å². The van der Waals surface area contributed by atoms with Crippen molar-refractivity contribution in [3.63, 3.8) is 0 Å². The van der Waals surface area contributed by atoms with Crippen molar-refractivity contribution in [2.45, 2.75) is 13.5 Å². The standard InChI is InChI=1S/C16H13FN4OS/c1-9-19-15-14(23-9)11-7-18-21(16(22)13(11)20(15)2)8-10-5-3-4-6-12(10)17/h3-7H,8H2,1-2H3. The molecule has 0 saturated heterocycles. The molecule has 0 N–H and O–H groups in total. The number of hydrogen-bond donors (Lipinski definition) is 0. The number of benzene rings is 1. The Morgan fingerprint density at radius 2 is 2.09 bits per heavy atom. The van der Waals surface area contributed by atoms with Gasteiger partial charge < -0.3 is 4.57 Å². The summed E-state index contributed by atoms with van der Waals surface area (Å²) in [4.78, 5) is 17.2. The highest BCUT2D eigenvalue weighted by atomic mass is 32.1. The van der Waals surface area contributed by atoms with Crippen LogP contribution in [0.1, 0.15) is 10.6 Å². The molecule has 4 rings (SSSR count). The molecule has 0 atom stereocenters. The number of rotatable bonds is 2. The summed E-state index contributed by atoms with van der Waals surface area (Å²) in [6, 6.07) is 6.40. The van der Waals surface area contributed by atoms with E-state index in [-0.39, 0.29) is 17.9 Å². The minimum absolute atomic E-state index is 0.104. The first-order chi connectivity index (χ1) is 11.1. The largest absolute Gasteiger partial charge is 0.323 e. The van der Waals surface area contributed by atoms with Crippen LogP contribution < -0.4 is 5.56 Å². The molecule has 0 fully saturated rings. The number of thiazole rings is 1. The normalized spacial score (nSPS) is 11.6. The molecule has 0 aliphatic heterocycles. The van der Waals surface area contributed by atoms with Crippen molar-refractivity contribution in [2.24, 2.45) is 7.05 Å². The van der Waals surface area contributed by atoms with Gasteiger partial charge in [0.1, 0.15) is 11.3 Å². The van der Waals surface area contributed by atoms with Crippen molar-refractivity contribution in [3.05, 3.63) is 57.2 Å². The molecule has 5 nitrogen and oxygen atoms in total. The highest BCUT2D eigenvalue weighted by Gasteiger charge is 2.17. The molecule has 0 aliphatic rings. The van der Waals surface area contributed by atoms with Crippen LogP contribution in [0, 0.1) is 12.7 Å². The number of aromatic nitrogens is 4. The first-order valence-electron chi connectivity index (χ1n) is 7.11. The van der Waals surface area contributed by atoms with Gasteiger partial charge in [-0.15, -0.1) is 11.3 Å². The first-order valence-corrected chi connectivity index (χ1v) is 7.93. The molecule has 0 radical (unpaired) electrons. The Labute approximate surface area is 134 Å². The monoisotopic (exact) mass is 328 g/mol. The van der Waals surface area contributed by atoms with E-state index >= 15 is 0 Å². The Kier molecular flexibility index (Phi) is 3.05. The zero-order valence-electron chi connectivity index (χ0n) is 12.6. The van der Waals surface area contributed by atoms with E-state index in [9.17, 15) is 9.18 Å². The van der Waals surface area contributed by atoms with Crippen LogP contribution in [0.4, 0.5) is 4.39 Å². The number of nitrogens with zero attached hydrogens (tertiary/aromatic N) is 4. The van der Waals surface area contributed by atoms with Gasteiger partial charge in [0.05, 0.1) is 22.4 Å². The molecule has 4 aromatic rings. The van der Waals surface area contributed by atoms with Crippen LogP contribution in [0.3, 0.4) is 0 Å². The average Bonchev–Trinajstić information content (AvgIpc) is 3.02. The first kappa shape index (κ1) is 14.1. The van der Waals surface area contributed by atoms with Gasteiger partial charge in [0, 0.05) is 18.0 Å². The van der Waals surface area contributed by atoms with Crippen molar-refractivity contribution < 1.29 is 4.39 Å². The zero-order valence-corrected chi connectivity index (χ0v) is 13.4. The van der Waals surface area contributed by atoms with E-state index in [0.717, 1.165) is 20.7 Å². The van der Waals surface area contributed by atoms with Crippen LogP contribution in [-0.2, 0) is 13.6 Å². The maximum Gasteiger partial charge on any atom is 0.291 e. The molecule has 3 heterocycles. The number of hydrogen-bond acceptors (Lipinski definition) is 4. The van der Waals surface area contributed by atoms with Crippen LogP contribution in [0.5, 0.6) is 0 Å². The van der Waals surface area contributed by atoms with E-state index < -0.39 is 0 Å². The van der Waals surface area contributed by atoms with Gasteiger partial charge in [-0.05, 0) is 13.0 Å². The topological polar surface area (TPSA) is 52.7 Å². The summed E-state index contributed by atoms with van der Waals surface area (Å²) in [5, 5.41) is 5.96. The lowest BCUT2D eigenvalue weighted by atomic mass is 10.2. The fourth-order valence-corrected chi connectivity index (χ4v) is 3.75. The van der Waals surface area contributed by atoms with Crippen molar-refractivity contribution in [3.8, 4) is 0 Å². The highest BCUT2D eigenvalue weighted by molar-refractivity contribution is 7.19. The second-order valence-corrected chi connectivity index (χ2v) is 6.61. The predicted molar refractivity (Wildman–Crippen MR) is 88.4 cm³/mol. The van der Waals surface area contributed by atoms with Crippen LogP contribution in [0.25, 0.3) is 21.3 Å². The number of aryl methyl sites for hydroxylation is 2. The summed E-state index contributed by atoms with van der Waals surface area (Å²) in [5.41, 5.74) is 1.53. The van der Waals surface area contributed by atoms with Gasteiger partial charge in [-0.1, -0.05) is 18.2 Å². The van der Waals surface area contributed by atoms with Crippen molar-refractivity contribution in [1.82, 2.24) is 19.3 Å². The second kappa shape index (κ2) is 4.99. The Balaban J connectivity index is 1.93. The van der Waals surface area contributed by atoms with Gasteiger partial charge in [-0.25, -0.2) is 14.1 Å². The Bertz CT molecular complexity index is 1110. The molecule has 7 heteroatoms. The second-order valence-electron chi connectivity index (χ2n) is 5.41. The minimum atomic E-state index is -0.341. The molecule has 0 saturated carbocycles. The molecule has 0 spiro atoms. The molecule has 1 aromatic carbocycles. The van der Waals surface area contributed by atoms with Crippen LogP contribution in [0.2, 0.25) is 0 Å². The zero-order chi connectivity index (χ0) is 16.1. The third kappa shape index (κ3) is 2.08. The van der Waals surface area contributed by atoms with Crippen molar-refractivity contribution >= 4 is 32.6 Å². The lowest BCUT2D eigenvalue weighted by Gasteiger charge is -2.06. The summed E-state index contributed by atoms with van der Waals surface area (Å²) in [6.45, 7) is 2.04. The Morgan fingerprint density at radius 3 is 2.87 bits per heavy atom. The molecule has 0 aliphatic carbocycles. The molecule has 23 heavy (non-hydrogen) atoms.